The lowest BCUT2D eigenvalue weighted by Gasteiger charge is -2.37. The first kappa shape index (κ1) is 13.5. The number of hydrogen-bond donors (Lipinski definition) is 2. The highest BCUT2D eigenvalue weighted by molar-refractivity contribution is 5.26. The third-order valence-electron chi connectivity index (χ3n) is 3.92. The molecule has 2 rings (SSSR count). The second kappa shape index (κ2) is 6.32. The molecule has 0 aromatic heterocycles. The van der Waals surface area contributed by atoms with Crippen molar-refractivity contribution in [3.8, 4) is 0 Å². The summed E-state index contributed by atoms with van der Waals surface area (Å²) < 4.78 is 0. The molecule has 1 aliphatic heterocycles. The molecule has 1 saturated heterocycles. The van der Waals surface area contributed by atoms with E-state index < -0.39 is 0 Å². The van der Waals surface area contributed by atoms with Crippen LogP contribution in [0.25, 0.3) is 0 Å². The SMILES string of the molecule is CNC(c1cccc(C)c1)C(C)N1CCNCC1. The number of nitrogens with one attached hydrogen (secondary N) is 2. The maximum absolute atomic E-state index is 3.48. The smallest absolute Gasteiger partial charge is 0.0473 e. The number of hydrogen-bond acceptors (Lipinski definition) is 3. The molecule has 0 radical (unpaired) electrons. The van der Waals surface area contributed by atoms with Gasteiger partial charge in [-0.1, -0.05) is 29.8 Å². The fourth-order valence-corrected chi connectivity index (χ4v) is 2.85. The Morgan fingerprint density at radius 1 is 1.28 bits per heavy atom. The van der Waals surface area contributed by atoms with Crippen molar-refractivity contribution in [2.75, 3.05) is 33.2 Å². The monoisotopic (exact) mass is 247 g/mol. The van der Waals surface area contributed by atoms with Crippen LogP contribution < -0.4 is 10.6 Å². The fraction of sp³-hybridized carbons (Fsp3) is 0.600. The van der Waals surface area contributed by atoms with E-state index in [1.54, 1.807) is 0 Å². The van der Waals surface area contributed by atoms with Gasteiger partial charge in [-0.05, 0) is 26.5 Å². The first-order valence-electron chi connectivity index (χ1n) is 6.91. The summed E-state index contributed by atoms with van der Waals surface area (Å²) in [5, 5.41) is 6.89. The molecule has 2 unspecified atom stereocenters. The Balaban J connectivity index is 2.11. The summed E-state index contributed by atoms with van der Waals surface area (Å²) in [4.78, 5) is 2.57. The molecule has 3 heteroatoms. The van der Waals surface area contributed by atoms with Crippen LogP contribution in [0.2, 0.25) is 0 Å². The summed E-state index contributed by atoms with van der Waals surface area (Å²) in [5.74, 6) is 0. The lowest BCUT2D eigenvalue weighted by atomic mass is 9.97. The van der Waals surface area contributed by atoms with Crippen molar-refractivity contribution in [2.24, 2.45) is 0 Å². The van der Waals surface area contributed by atoms with Crippen molar-refractivity contribution in [1.29, 1.82) is 0 Å². The van der Waals surface area contributed by atoms with Crippen LogP contribution in [0.3, 0.4) is 0 Å². The molecule has 0 spiro atoms. The van der Waals surface area contributed by atoms with E-state index in [1.165, 1.54) is 11.1 Å². The maximum atomic E-state index is 3.48. The van der Waals surface area contributed by atoms with Crippen LogP contribution in [0, 0.1) is 6.92 Å². The standard InChI is InChI=1S/C15H25N3/c1-12-5-4-6-14(11-12)15(16-3)13(2)18-9-7-17-8-10-18/h4-6,11,13,15-17H,7-10H2,1-3H3. The molecule has 0 bridgehead atoms. The van der Waals surface area contributed by atoms with E-state index in [1.807, 2.05) is 0 Å². The molecule has 1 aliphatic rings. The van der Waals surface area contributed by atoms with Crippen molar-refractivity contribution >= 4 is 0 Å². The van der Waals surface area contributed by atoms with E-state index in [2.05, 4.69) is 60.7 Å². The van der Waals surface area contributed by atoms with Crippen LogP contribution in [0.1, 0.15) is 24.1 Å². The summed E-state index contributed by atoms with van der Waals surface area (Å²) in [6, 6.07) is 9.76. The quantitative estimate of drug-likeness (QED) is 0.845. The van der Waals surface area contributed by atoms with Gasteiger partial charge in [0.05, 0.1) is 0 Å². The van der Waals surface area contributed by atoms with Gasteiger partial charge < -0.3 is 10.6 Å². The summed E-state index contributed by atoms with van der Waals surface area (Å²) in [6.45, 7) is 8.99. The predicted molar refractivity (Wildman–Crippen MR) is 76.9 cm³/mol. The zero-order valence-corrected chi connectivity index (χ0v) is 11.7. The van der Waals surface area contributed by atoms with Crippen molar-refractivity contribution in [1.82, 2.24) is 15.5 Å². The highest BCUT2D eigenvalue weighted by Crippen LogP contribution is 2.21. The van der Waals surface area contributed by atoms with E-state index in [0.29, 0.717) is 12.1 Å². The van der Waals surface area contributed by atoms with Gasteiger partial charge in [0.15, 0.2) is 0 Å². The number of benzene rings is 1. The van der Waals surface area contributed by atoms with E-state index in [-0.39, 0.29) is 0 Å². The van der Waals surface area contributed by atoms with Gasteiger partial charge in [0.25, 0.3) is 0 Å². The van der Waals surface area contributed by atoms with E-state index in [9.17, 15) is 0 Å². The van der Waals surface area contributed by atoms with Gasteiger partial charge in [-0.15, -0.1) is 0 Å². The Morgan fingerprint density at radius 3 is 2.61 bits per heavy atom. The fourth-order valence-electron chi connectivity index (χ4n) is 2.85. The van der Waals surface area contributed by atoms with Crippen molar-refractivity contribution in [2.45, 2.75) is 25.9 Å². The third kappa shape index (κ3) is 3.10. The molecular formula is C15H25N3. The molecule has 0 aliphatic carbocycles. The van der Waals surface area contributed by atoms with E-state index >= 15 is 0 Å². The first-order valence-corrected chi connectivity index (χ1v) is 6.91. The summed E-state index contributed by atoms with van der Waals surface area (Å²) in [6.07, 6.45) is 0. The predicted octanol–water partition coefficient (Wildman–Crippen LogP) is 1.55. The van der Waals surface area contributed by atoms with Crippen LogP contribution in [-0.2, 0) is 0 Å². The molecule has 1 fully saturated rings. The van der Waals surface area contributed by atoms with Crippen molar-refractivity contribution in [3.63, 3.8) is 0 Å². The van der Waals surface area contributed by atoms with Gasteiger partial charge in [-0.3, -0.25) is 4.90 Å². The largest absolute Gasteiger partial charge is 0.314 e. The average molecular weight is 247 g/mol. The summed E-state index contributed by atoms with van der Waals surface area (Å²) in [7, 11) is 2.06. The third-order valence-corrected chi connectivity index (χ3v) is 3.92. The highest BCUT2D eigenvalue weighted by atomic mass is 15.2. The molecule has 2 atom stereocenters. The maximum Gasteiger partial charge on any atom is 0.0473 e. The Morgan fingerprint density at radius 2 is 2.00 bits per heavy atom. The van der Waals surface area contributed by atoms with E-state index in [4.69, 9.17) is 0 Å². The topological polar surface area (TPSA) is 27.3 Å². The number of likely N-dealkylation sites (N-methyl/N-ethyl adjacent to an activating group) is 1. The molecular weight excluding hydrogens is 222 g/mol. The minimum absolute atomic E-state index is 0.406. The second-order valence-corrected chi connectivity index (χ2v) is 5.21. The molecule has 1 aromatic carbocycles. The average Bonchev–Trinajstić information content (AvgIpc) is 2.40. The second-order valence-electron chi connectivity index (χ2n) is 5.21. The minimum Gasteiger partial charge on any atom is -0.314 e. The Kier molecular flexibility index (Phi) is 4.75. The van der Waals surface area contributed by atoms with Crippen LogP contribution in [-0.4, -0.2) is 44.2 Å². The molecule has 100 valence electrons. The van der Waals surface area contributed by atoms with Crippen LogP contribution in [0.4, 0.5) is 0 Å². The Labute approximate surface area is 111 Å². The Hall–Kier alpha value is -0.900. The first-order chi connectivity index (χ1) is 8.72. The lowest BCUT2D eigenvalue weighted by Crippen LogP contribution is -2.51. The van der Waals surface area contributed by atoms with Gasteiger partial charge in [-0.2, -0.15) is 0 Å². The van der Waals surface area contributed by atoms with Gasteiger partial charge in [-0.25, -0.2) is 0 Å². The van der Waals surface area contributed by atoms with E-state index in [0.717, 1.165) is 26.2 Å². The molecule has 0 saturated carbocycles. The number of piperazine rings is 1. The van der Waals surface area contributed by atoms with Gasteiger partial charge >= 0.3 is 0 Å². The van der Waals surface area contributed by atoms with Crippen molar-refractivity contribution in [3.05, 3.63) is 35.4 Å². The van der Waals surface area contributed by atoms with Gasteiger partial charge in [0.2, 0.25) is 0 Å². The lowest BCUT2D eigenvalue weighted by molar-refractivity contribution is 0.153. The minimum atomic E-state index is 0.406. The molecule has 18 heavy (non-hydrogen) atoms. The molecule has 0 amide bonds. The zero-order valence-electron chi connectivity index (χ0n) is 11.7. The van der Waals surface area contributed by atoms with Crippen molar-refractivity contribution < 1.29 is 0 Å². The van der Waals surface area contributed by atoms with Crippen LogP contribution >= 0.6 is 0 Å². The number of nitrogens with zero attached hydrogens (tertiary/aromatic N) is 1. The summed E-state index contributed by atoms with van der Waals surface area (Å²) in [5.41, 5.74) is 2.73. The van der Waals surface area contributed by atoms with Crippen LogP contribution in [0.15, 0.2) is 24.3 Å². The molecule has 2 N–H and O–H groups in total. The van der Waals surface area contributed by atoms with Gasteiger partial charge in [0.1, 0.15) is 0 Å². The number of rotatable bonds is 4. The zero-order chi connectivity index (χ0) is 13.0. The summed E-state index contributed by atoms with van der Waals surface area (Å²) >= 11 is 0. The van der Waals surface area contributed by atoms with Gasteiger partial charge in [0, 0.05) is 38.3 Å². The highest BCUT2D eigenvalue weighted by Gasteiger charge is 2.24. The molecule has 3 nitrogen and oxygen atoms in total. The normalized spacial score (nSPS) is 20.6. The number of aryl methyl sites for hydroxylation is 1. The molecule has 1 heterocycles. The molecule has 1 aromatic rings. The van der Waals surface area contributed by atoms with Crippen LogP contribution in [0.5, 0.6) is 0 Å². The Bertz CT molecular complexity index is 372.